The van der Waals surface area contributed by atoms with Crippen LogP contribution in [-0.4, -0.2) is 52.1 Å². The third-order valence-corrected chi connectivity index (χ3v) is 5.22. The quantitative estimate of drug-likeness (QED) is 0.160. The summed E-state index contributed by atoms with van der Waals surface area (Å²) in [5, 5.41) is 17.0. The Kier molecular flexibility index (Phi) is 9.03. The SMILES string of the molecule is CCNC(=NCCNS(=O)(=O)c1cccc([N+](=O)[O-])c1)NCCOc1ccccc1. The fraction of sp³-hybridized carbons (Fsp3) is 0.316. The van der Waals surface area contributed by atoms with E-state index in [9.17, 15) is 18.5 Å². The highest BCUT2D eigenvalue weighted by Crippen LogP contribution is 2.16. The fourth-order valence-electron chi connectivity index (χ4n) is 2.39. The van der Waals surface area contributed by atoms with Gasteiger partial charge in [-0.3, -0.25) is 15.1 Å². The second-order valence-electron chi connectivity index (χ2n) is 6.00. The zero-order chi connectivity index (χ0) is 21.8. The van der Waals surface area contributed by atoms with Gasteiger partial charge in [-0.05, 0) is 25.1 Å². The van der Waals surface area contributed by atoms with E-state index in [1.807, 2.05) is 37.3 Å². The Morgan fingerprint density at radius 1 is 1.10 bits per heavy atom. The zero-order valence-corrected chi connectivity index (χ0v) is 17.4. The smallest absolute Gasteiger partial charge is 0.270 e. The minimum absolute atomic E-state index is 0.0438. The molecule has 0 saturated heterocycles. The molecular weight excluding hydrogens is 410 g/mol. The number of nitro groups is 1. The summed E-state index contributed by atoms with van der Waals surface area (Å²) in [4.78, 5) is 14.3. The standard InChI is InChI=1S/C19H25N5O5S/c1-2-20-19(22-13-14-29-17-8-4-3-5-9-17)21-11-12-23-30(27,28)18-10-6-7-16(15-18)24(25)26/h3-10,15,23H,2,11-14H2,1H3,(H2,20,21,22). The van der Waals surface area contributed by atoms with Gasteiger partial charge < -0.3 is 15.4 Å². The monoisotopic (exact) mass is 435 g/mol. The molecule has 0 aliphatic carbocycles. The van der Waals surface area contributed by atoms with Crippen LogP contribution in [0.1, 0.15) is 6.92 Å². The third-order valence-electron chi connectivity index (χ3n) is 3.76. The maximum absolute atomic E-state index is 12.3. The van der Waals surface area contributed by atoms with Gasteiger partial charge >= 0.3 is 0 Å². The number of rotatable bonds is 11. The van der Waals surface area contributed by atoms with Gasteiger partial charge in [-0.2, -0.15) is 0 Å². The molecule has 0 amide bonds. The van der Waals surface area contributed by atoms with Gasteiger partial charge in [0.05, 0.1) is 22.9 Å². The Balaban J connectivity index is 1.81. The molecule has 11 heteroatoms. The van der Waals surface area contributed by atoms with Crippen molar-refractivity contribution in [2.45, 2.75) is 11.8 Å². The van der Waals surface area contributed by atoms with Gasteiger partial charge in [-0.15, -0.1) is 0 Å². The maximum atomic E-state index is 12.3. The van der Waals surface area contributed by atoms with Crippen molar-refractivity contribution in [2.24, 2.45) is 4.99 Å². The van der Waals surface area contributed by atoms with Gasteiger partial charge in [-0.1, -0.05) is 24.3 Å². The van der Waals surface area contributed by atoms with Crippen molar-refractivity contribution in [3.8, 4) is 5.75 Å². The van der Waals surface area contributed by atoms with Crippen LogP contribution < -0.4 is 20.1 Å². The summed E-state index contributed by atoms with van der Waals surface area (Å²) in [7, 11) is -3.86. The van der Waals surface area contributed by atoms with Crippen LogP contribution in [0.15, 0.2) is 64.5 Å². The predicted molar refractivity (Wildman–Crippen MR) is 114 cm³/mol. The number of aliphatic imine (C=N–C) groups is 1. The molecule has 30 heavy (non-hydrogen) atoms. The molecule has 10 nitrogen and oxygen atoms in total. The summed E-state index contributed by atoms with van der Waals surface area (Å²) in [6, 6.07) is 14.3. The van der Waals surface area contributed by atoms with Crippen LogP contribution >= 0.6 is 0 Å². The molecule has 0 radical (unpaired) electrons. The lowest BCUT2D eigenvalue weighted by Crippen LogP contribution is -2.40. The molecule has 0 unspecified atom stereocenters. The molecule has 0 aliphatic heterocycles. The van der Waals surface area contributed by atoms with Gasteiger partial charge in [-0.25, -0.2) is 13.1 Å². The van der Waals surface area contributed by atoms with E-state index in [1.54, 1.807) is 0 Å². The Labute approximate surface area is 175 Å². The van der Waals surface area contributed by atoms with Gasteiger partial charge in [0.2, 0.25) is 10.0 Å². The average Bonchev–Trinajstić information content (AvgIpc) is 2.75. The van der Waals surface area contributed by atoms with Crippen molar-refractivity contribution >= 4 is 21.7 Å². The van der Waals surface area contributed by atoms with E-state index in [1.165, 1.54) is 18.2 Å². The lowest BCUT2D eigenvalue weighted by molar-refractivity contribution is -0.385. The molecule has 2 aromatic rings. The second-order valence-corrected chi connectivity index (χ2v) is 7.77. The summed E-state index contributed by atoms with van der Waals surface area (Å²) in [5.74, 6) is 1.31. The van der Waals surface area contributed by atoms with Crippen molar-refractivity contribution in [1.29, 1.82) is 0 Å². The van der Waals surface area contributed by atoms with Gasteiger partial charge in [0.15, 0.2) is 5.96 Å². The molecule has 0 aliphatic rings. The van der Waals surface area contributed by atoms with Crippen LogP contribution in [-0.2, 0) is 10.0 Å². The minimum Gasteiger partial charge on any atom is -0.492 e. The van der Waals surface area contributed by atoms with E-state index in [2.05, 4.69) is 20.3 Å². The van der Waals surface area contributed by atoms with E-state index in [0.717, 1.165) is 11.8 Å². The van der Waals surface area contributed by atoms with Crippen LogP contribution in [0.4, 0.5) is 5.69 Å². The molecule has 2 rings (SSSR count). The van der Waals surface area contributed by atoms with Crippen LogP contribution in [0.5, 0.6) is 5.75 Å². The first kappa shape index (κ1) is 23.1. The molecule has 0 bridgehead atoms. The number of sulfonamides is 1. The molecule has 0 spiro atoms. The number of para-hydroxylation sites is 1. The van der Waals surface area contributed by atoms with Crippen LogP contribution in [0, 0.1) is 10.1 Å². The minimum atomic E-state index is -3.86. The van der Waals surface area contributed by atoms with Gasteiger partial charge in [0.25, 0.3) is 5.69 Å². The number of hydrogen-bond acceptors (Lipinski definition) is 6. The molecule has 0 saturated carbocycles. The number of nitrogens with one attached hydrogen (secondary N) is 3. The number of guanidine groups is 1. The summed E-state index contributed by atoms with van der Waals surface area (Å²) in [6.07, 6.45) is 0. The van der Waals surface area contributed by atoms with Crippen molar-refractivity contribution < 1.29 is 18.1 Å². The number of hydrogen-bond donors (Lipinski definition) is 3. The van der Waals surface area contributed by atoms with E-state index < -0.39 is 14.9 Å². The Morgan fingerprint density at radius 2 is 1.87 bits per heavy atom. The second kappa shape index (κ2) is 11.7. The van der Waals surface area contributed by atoms with Crippen LogP contribution in [0.2, 0.25) is 0 Å². The molecular formula is C19H25N5O5S. The van der Waals surface area contributed by atoms with Crippen molar-refractivity contribution in [3.63, 3.8) is 0 Å². The topological polar surface area (TPSA) is 135 Å². The van der Waals surface area contributed by atoms with Crippen molar-refractivity contribution in [2.75, 3.05) is 32.8 Å². The summed E-state index contributed by atoms with van der Waals surface area (Å²) in [5.41, 5.74) is -0.285. The zero-order valence-electron chi connectivity index (χ0n) is 16.6. The largest absolute Gasteiger partial charge is 0.492 e. The predicted octanol–water partition coefficient (Wildman–Crippen LogP) is 1.51. The van der Waals surface area contributed by atoms with E-state index in [4.69, 9.17) is 4.74 Å². The molecule has 0 fully saturated rings. The van der Waals surface area contributed by atoms with Gasteiger partial charge in [0, 0.05) is 25.2 Å². The Morgan fingerprint density at radius 3 is 2.57 bits per heavy atom. The number of nitrogens with zero attached hydrogens (tertiary/aromatic N) is 2. The van der Waals surface area contributed by atoms with E-state index >= 15 is 0 Å². The fourth-order valence-corrected chi connectivity index (χ4v) is 3.45. The maximum Gasteiger partial charge on any atom is 0.270 e. The van der Waals surface area contributed by atoms with E-state index in [-0.39, 0.29) is 23.7 Å². The molecule has 0 heterocycles. The highest BCUT2D eigenvalue weighted by molar-refractivity contribution is 7.89. The normalized spacial score (nSPS) is 11.7. The number of nitro benzene ring substituents is 1. The number of benzene rings is 2. The Bertz CT molecular complexity index is 951. The lowest BCUT2D eigenvalue weighted by atomic mass is 10.3. The summed E-state index contributed by atoms with van der Waals surface area (Å²) in [6.45, 7) is 3.74. The van der Waals surface area contributed by atoms with Crippen molar-refractivity contribution in [3.05, 3.63) is 64.7 Å². The molecule has 0 atom stereocenters. The van der Waals surface area contributed by atoms with Crippen LogP contribution in [0.3, 0.4) is 0 Å². The molecule has 0 aromatic heterocycles. The third kappa shape index (κ3) is 7.68. The molecule has 162 valence electrons. The van der Waals surface area contributed by atoms with Gasteiger partial charge in [0.1, 0.15) is 12.4 Å². The number of non-ortho nitro benzene ring substituents is 1. The first-order valence-corrected chi connectivity index (χ1v) is 10.8. The first-order valence-electron chi connectivity index (χ1n) is 9.36. The van der Waals surface area contributed by atoms with E-state index in [0.29, 0.717) is 25.7 Å². The van der Waals surface area contributed by atoms with Crippen molar-refractivity contribution in [1.82, 2.24) is 15.4 Å². The first-order chi connectivity index (χ1) is 14.4. The highest BCUT2D eigenvalue weighted by atomic mass is 32.2. The summed E-state index contributed by atoms with van der Waals surface area (Å²) >= 11 is 0. The van der Waals surface area contributed by atoms with Crippen LogP contribution in [0.25, 0.3) is 0 Å². The number of ether oxygens (including phenoxy) is 1. The molecule has 2 aromatic carbocycles. The highest BCUT2D eigenvalue weighted by Gasteiger charge is 2.16. The average molecular weight is 436 g/mol. The molecule has 3 N–H and O–H groups in total. The Hall–Kier alpha value is -3.18. The lowest BCUT2D eigenvalue weighted by Gasteiger charge is -2.12. The summed E-state index contributed by atoms with van der Waals surface area (Å²) < 4.78 is 32.6.